The molecular weight excluding hydrogens is 440 g/mol. The molecule has 0 spiro atoms. The highest BCUT2D eigenvalue weighted by atomic mass is 16.6. The van der Waals surface area contributed by atoms with Crippen molar-refractivity contribution in [2.75, 3.05) is 7.11 Å². The lowest BCUT2D eigenvalue weighted by atomic mass is 9.32. The second kappa shape index (κ2) is 6.67. The van der Waals surface area contributed by atoms with Crippen molar-refractivity contribution in [3.63, 3.8) is 0 Å². The molecule has 8 heteroatoms. The fraction of sp³-hybridized carbons (Fsp3) is 0.654. The van der Waals surface area contributed by atoms with Crippen molar-refractivity contribution in [1.29, 1.82) is 0 Å². The van der Waals surface area contributed by atoms with E-state index in [9.17, 15) is 29.1 Å². The largest absolute Gasteiger partial charge is 0.504 e. The summed E-state index contributed by atoms with van der Waals surface area (Å²) in [5.41, 5.74) is -7.45. The minimum absolute atomic E-state index is 0.101. The monoisotopic (exact) mass is 472 g/mol. The lowest BCUT2D eigenvalue weighted by molar-refractivity contribution is -0.224. The molecule has 184 valence electrons. The summed E-state index contributed by atoms with van der Waals surface area (Å²) < 4.78 is 10.5. The van der Waals surface area contributed by atoms with Crippen LogP contribution in [-0.2, 0) is 33.4 Å². The average molecular weight is 473 g/mol. The molecular formula is C26H32O8. The van der Waals surface area contributed by atoms with Gasteiger partial charge < -0.3 is 14.6 Å². The van der Waals surface area contributed by atoms with Gasteiger partial charge in [-0.2, -0.15) is 0 Å². The third kappa shape index (κ3) is 2.19. The Balaban J connectivity index is 2.18. The number of Topliss-reactive ketones (excluding diaryl/α,β-unsaturated/α-hetero) is 3. The second-order valence-electron chi connectivity index (χ2n) is 11.4. The van der Waals surface area contributed by atoms with E-state index in [0.717, 1.165) is 7.11 Å². The smallest absolute Gasteiger partial charge is 0.322 e. The van der Waals surface area contributed by atoms with Crippen LogP contribution in [0.25, 0.3) is 0 Å². The number of ether oxygens (including phenoxy) is 2. The summed E-state index contributed by atoms with van der Waals surface area (Å²) >= 11 is 0. The van der Waals surface area contributed by atoms with Gasteiger partial charge >= 0.3 is 11.9 Å². The lowest BCUT2D eigenvalue weighted by Gasteiger charge is -2.67. The zero-order chi connectivity index (χ0) is 25.8. The van der Waals surface area contributed by atoms with E-state index in [4.69, 9.17) is 9.47 Å². The van der Waals surface area contributed by atoms with Crippen LogP contribution in [0.4, 0.5) is 0 Å². The first kappa shape index (κ1) is 24.4. The highest BCUT2D eigenvalue weighted by molar-refractivity contribution is 6.20. The van der Waals surface area contributed by atoms with Gasteiger partial charge in [0.2, 0.25) is 5.78 Å². The maximum absolute atomic E-state index is 14.2. The van der Waals surface area contributed by atoms with Crippen LogP contribution in [0.5, 0.6) is 0 Å². The molecule has 0 aromatic heterocycles. The van der Waals surface area contributed by atoms with Crippen LogP contribution in [0.15, 0.2) is 23.5 Å². The van der Waals surface area contributed by atoms with Gasteiger partial charge in [0.25, 0.3) is 0 Å². The van der Waals surface area contributed by atoms with Gasteiger partial charge in [-0.3, -0.25) is 24.0 Å². The summed E-state index contributed by atoms with van der Waals surface area (Å²) in [6, 6.07) is 0. The number of rotatable bonds is 1. The van der Waals surface area contributed by atoms with Gasteiger partial charge in [-0.1, -0.05) is 26.0 Å². The average Bonchev–Trinajstić information content (AvgIpc) is 2.76. The molecule has 8 nitrogen and oxygen atoms in total. The molecule has 4 aliphatic rings. The molecule has 1 heterocycles. The quantitative estimate of drug-likeness (QED) is 0.351. The summed E-state index contributed by atoms with van der Waals surface area (Å²) in [4.78, 5) is 68.2. The van der Waals surface area contributed by atoms with Crippen LogP contribution in [0.1, 0.15) is 60.8 Å². The predicted octanol–water partition coefficient (Wildman–Crippen LogP) is 3.04. The van der Waals surface area contributed by atoms with Crippen LogP contribution in [0.2, 0.25) is 0 Å². The van der Waals surface area contributed by atoms with Gasteiger partial charge in [0.1, 0.15) is 11.2 Å². The minimum atomic E-state index is -2.30. The van der Waals surface area contributed by atoms with Crippen molar-refractivity contribution < 1.29 is 38.6 Å². The fourth-order valence-corrected chi connectivity index (χ4v) is 7.94. The first-order valence-corrected chi connectivity index (χ1v) is 11.6. The molecule has 2 saturated carbocycles. The molecule has 6 atom stereocenters. The van der Waals surface area contributed by atoms with E-state index in [2.05, 4.69) is 6.58 Å². The molecule has 1 saturated heterocycles. The Hall–Kier alpha value is -2.77. The van der Waals surface area contributed by atoms with Crippen LogP contribution in [0.3, 0.4) is 0 Å². The standard InChI is InChI=1S/C26H32O8/c1-12-11-14-23(5)10-9-15(27)22(3,4)17(23)16(28)19(30)25(14,7)26(21(32)33-8)18(29)13(2)34-20(31)24(12,26)6/h13-14,28H,1,9-11H2,2-8H3/t13-,14+,23+,24+,25-,26+/m1/s1. The summed E-state index contributed by atoms with van der Waals surface area (Å²) in [7, 11) is 1.10. The normalized spacial score (nSPS) is 43.6. The highest BCUT2D eigenvalue weighted by Crippen LogP contribution is 2.74. The van der Waals surface area contributed by atoms with Crippen LogP contribution in [0, 0.1) is 33.0 Å². The number of fused-ring (bicyclic) bond motifs is 5. The summed E-state index contributed by atoms with van der Waals surface area (Å²) in [6.45, 7) is 13.6. The van der Waals surface area contributed by atoms with E-state index >= 15 is 0 Å². The van der Waals surface area contributed by atoms with Crippen molar-refractivity contribution in [3.05, 3.63) is 23.5 Å². The molecule has 0 bridgehead atoms. The first-order chi connectivity index (χ1) is 15.5. The molecule has 1 aliphatic heterocycles. The van der Waals surface area contributed by atoms with E-state index in [1.54, 1.807) is 13.8 Å². The Bertz CT molecular complexity index is 1130. The molecule has 4 rings (SSSR count). The number of carbonyl (C=O) groups excluding carboxylic acids is 5. The fourth-order valence-electron chi connectivity index (χ4n) is 7.94. The van der Waals surface area contributed by atoms with Crippen LogP contribution in [-0.4, -0.2) is 47.6 Å². The Labute approximate surface area is 198 Å². The van der Waals surface area contributed by atoms with E-state index in [1.807, 2.05) is 6.92 Å². The first-order valence-electron chi connectivity index (χ1n) is 11.6. The maximum Gasteiger partial charge on any atom is 0.322 e. The molecule has 3 fully saturated rings. The molecule has 0 radical (unpaired) electrons. The molecule has 0 unspecified atom stereocenters. The zero-order valence-corrected chi connectivity index (χ0v) is 20.8. The summed E-state index contributed by atoms with van der Waals surface area (Å²) in [5, 5.41) is 11.4. The molecule has 34 heavy (non-hydrogen) atoms. The Kier molecular flexibility index (Phi) is 4.78. The molecule has 1 N–H and O–H groups in total. The van der Waals surface area contributed by atoms with E-state index < -0.39 is 68.4 Å². The number of cyclic esters (lactones) is 1. The van der Waals surface area contributed by atoms with Gasteiger partial charge in [0, 0.05) is 11.8 Å². The van der Waals surface area contributed by atoms with Crippen molar-refractivity contribution >= 4 is 29.3 Å². The SMILES string of the molecule is C=C1C[C@@H]2[C@](C)(C(=O)C(O)=C3C(C)(C)C(=O)CC[C@]32C)[C@]2(C(=O)OC)C(=O)[C@@H](C)OC(=O)[C@]12C. The zero-order valence-electron chi connectivity index (χ0n) is 20.8. The number of hydrogen-bond acceptors (Lipinski definition) is 8. The predicted molar refractivity (Wildman–Crippen MR) is 119 cm³/mol. The van der Waals surface area contributed by atoms with E-state index in [-0.39, 0.29) is 24.2 Å². The maximum atomic E-state index is 14.2. The third-order valence-corrected chi connectivity index (χ3v) is 9.76. The molecule has 3 aliphatic carbocycles. The number of aliphatic hydroxyl groups excluding tert-OH is 1. The minimum Gasteiger partial charge on any atom is -0.504 e. The summed E-state index contributed by atoms with van der Waals surface area (Å²) in [5.74, 6) is -4.88. The topological polar surface area (TPSA) is 124 Å². The van der Waals surface area contributed by atoms with Crippen molar-refractivity contribution in [3.8, 4) is 0 Å². The van der Waals surface area contributed by atoms with Crippen LogP contribution < -0.4 is 0 Å². The van der Waals surface area contributed by atoms with E-state index in [0.29, 0.717) is 12.0 Å². The Morgan fingerprint density at radius 1 is 1.12 bits per heavy atom. The number of methoxy groups -OCH3 is 1. The number of hydrogen-bond donors (Lipinski definition) is 1. The van der Waals surface area contributed by atoms with Crippen molar-refractivity contribution in [2.24, 2.45) is 33.0 Å². The van der Waals surface area contributed by atoms with Gasteiger partial charge in [0.05, 0.1) is 12.5 Å². The molecule has 0 aromatic carbocycles. The van der Waals surface area contributed by atoms with Crippen molar-refractivity contribution in [2.45, 2.75) is 66.9 Å². The van der Waals surface area contributed by atoms with Gasteiger partial charge in [0.15, 0.2) is 23.1 Å². The number of carbonyl (C=O) groups is 5. The number of ketones is 3. The van der Waals surface area contributed by atoms with Crippen LogP contribution >= 0.6 is 0 Å². The number of allylic oxidation sites excluding steroid dienone is 2. The van der Waals surface area contributed by atoms with Gasteiger partial charge in [-0.15, -0.1) is 0 Å². The van der Waals surface area contributed by atoms with Crippen molar-refractivity contribution in [1.82, 2.24) is 0 Å². The Morgan fingerprint density at radius 3 is 2.26 bits per heavy atom. The second-order valence-corrected chi connectivity index (χ2v) is 11.4. The number of aliphatic hydroxyl groups is 1. The van der Waals surface area contributed by atoms with Gasteiger partial charge in [-0.25, -0.2) is 0 Å². The lowest BCUT2D eigenvalue weighted by Crippen LogP contribution is -2.77. The molecule has 0 aromatic rings. The number of esters is 2. The summed E-state index contributed by atoms with van der Waals surface area (Å²) in [6.07, 6.45) is -0.646. The van der Waals surface area contributed by atoms with Gasteiger partial charge in [-0.05, 0) is 57.4 Å². The highest BCUT2D eigenvalue weighted by Gasteiger charge is 2.84. The Morgan fingerprint density at radius 2 is 1.71 bits per heavy atom. The molecule has 0 amide bonds. The van der Waals surface area contributed by atoms with E-state index in [1.165, 1.54) is 20.8 Å². The third-order valence-electron chi connectivity index (χ3n) is 9.76.